The monoisotopic (exact) mass is 289 g/mol. The quantitative estimate of drug-likeness (QED) is 0.673. The van der Waals surface area contributed by atoms with Gasteiger partial charge in [-0.2, -0.15) is 5.26 Å². The van der Waals surface area contributed by atoms with Crippen molar-refractivity contribution in [2.24, 2.45) is 0 Å². The summed E-state index contributed by atoms with van der Waals surface area (Å²) in [5.41, 5.74) is -0.873. The average molecular weight is 289 g/mol. The molecule has 1 atom stereocenters. The third-order valence-corrected chi connectivity index (χ3v) is 4.08. The molecular formula is C14H15N3O4. The number of rotatable bonds is 4. The van der Waals surface area contributed by atoms with Gasteiger partial charge in [0.2, 0.25) is 0 Å². The van der Waals surface area contributed by atoms with E-state index in [2.05, 4.69) is 0 Å². The zero-order valence-electron chi connectivity index (χ0n) is 11.6. The van der Waals surface area contributed by atoms with Crippen LogP contribution in [0.3, 0.4) is 0 Å². The lowest BCUT2D eigenvalue weighted by Gasteiger charge is -2.35. The summed E-state index contributed by atoms with van der Waals surface area (Å²) >= 11 is 0. The molecule has 1 N–H and O–H groups in total. The lowest BCUT2D eigenvalue weighted by atomic mass is 9.92. The Balaban J connectivity index is 2.52. The van der Waals surface area contributed by atoms with Crippen molar-refractivity contribution in [3.8, 4) is 6.07 Å². The number of hydrogen-bond acceptors (Lipinski definition) is 5. The highest BCUT2D eigenvalue weighted by atomic mass is 16.6. The highest BCUT2D eigenvalue weighted by Gasteiger charge is 2.46. The Labute approximate surface area is 121 Å². The summed E-state index contributed by atoms with van der Waals surface area (Å²) in [6.45, 7) is 2.33. The van der Waals surface area contributed by atoms with Crippen LogP contribution in [0.25, 0.3) is 0 Å². The lowest BCUT2D eigenvalue weighted by Crippen LogP contribution is -2.50. The molecule has 0 radical (unpaired) electrons. The zero-order valence-corrected chi connectivity index (χ0v) is 11.6. The Hall–Kier alpha value is -2.62. The fraction of sp³-hybridized carbons (Fsp3) is 0.429. The first-order chi connectivity index (χ1) is 9.96. The van der Waals surface area contributed by atoms with Gasteiger partial charge in [0.1, 0.15) is 17.2 Å². The number of nitro groups is 1. The first-order valence-corrected chi connectivity index (χ1v) is 6.66. The molecule has 0 aromatic heterocycles. The molecule has 0 saturated carbocycles. The number of benzene rings is 1. The van der Waals surface area contributed by atoms with Crippen LogP contribution >= 0.6 is 0 Å². The highest BCUT2D eigenvalue weighted by molar-refractivity contribution is 5.85. The molecule has 0 spiro atoms. The number of carboxylic acids is 1. The molecule has 1 aliphatic rings. The Bertz CT molecular complexity index is 638. The Morgan fingerprint density at radius 3 is 2.86 bits per heavy atom. The molecule has 0 amide bonds. The second-order valence-electron chi connectivity index (χ2n) is 5.02. The van der Waals surface area contributed by atoms with Gasteiger partial charge in [0.25, 0.3) is 5.69 Å². The molecule has 1 aliphatic heterocycles. The maximum Gasteiger partial charge on any atom is 0.329 e. The first-order valence-electron chi connectivity index (χ1n) is 6.66. The number of nitriles is 1. The first kappa shape index (κ1) is 14.8. The second-order valence-corrected chi connectivity index (χ2v) is 5.02. The van der Waals surface area contributed by atoms with Crippen LogP contribution in [0.15, 0.2) is 18.2 Å². The molecule has 21 heavy (non-hydrogen) atoms. The van der Waals surface area contributed by atoms with Gasteiger partial charge in [0.05, 0.1) is 4.92 Å². The van der Waals surface area contributed by atoms with Gasteiger partial charge >= 0.3 is 5.97 Å². The van der Waals surface area contributed by atoms with Crippen LogP contribution in [0.4, 0.5) is 11.4 Å². The van der Waals surface area contributed by atoms with Crippen LogP contribution in [-0.4, -0.2) is 28.1 Å². The van der Waals surface area contributed by atoms with E-state index in [0.29, 0.717) is 31.5 Å². The molecule has 1 unspecified atom stereocenters. The minimum atomic E-state index is -1.03. The van der Waals surface area contributed by atoms with E-state index in [1.54, 1.807) is 24.0 Å². The predicted molar refractivity (Wildman–Crippen MR) is 75.0 cm³/mol. The molecule has 1 fully saturated rings. The number of nitro benzene ring substituents is 1. The molecule has 1 heterocycles. The number of anilines is 1. The van der Waals surface area contributed by atoms with Crippen molar-refractivity contribution >= 4 is 17.3 Å². The van der Waals surface area contributed by atoms with Crippen molar-refractivity contribution in [2.75, 3.05) is 11.4 Å². The SMILES string of the molecule is CCC1(C(=O)O)CCCN1c1ccc(C#N)c([N+](=O)[O-])c1. The standard InChI is InChI=1S/C14H15N3O4/c1-2-14(13(18)19)6-3-7-16(14)11-5-4-10(9-15)12(8-11)17(20)21/h4-5,8H,2-3,6-7H2,1H3,(H,18,19). The summed E-state index contributed by atoms with van der Waals surface area (Å²) in [6, 6.07) is 6.01. The molecule has 2 rings (SSSR count). The Morgan fingerprint density at radius 2 is 2.33 bits per heavy atom. The average Bonchev–Trinajstić information content (AvgIpc) is 2.91. The van der Waals surface area contributed by atoms with Gasteiger partial charge in [0.15, 0.2) is 0 Å². The van der Waals surface area contributed by atoms with Crippen LogP contribution in [0.2, 0.25) is 0 Å². The van der Waals surface area contributed by atoms with Gasteiger partial charge in [-0.1, -0.05) is 6.92 Å². The van der Waals surface area contributed by atoms with E-state index in [4.69, 9.17) is 5.26 Å². The van der Waals surface area contributed by atoms with E-state index >= 15 is 0 Å². The maximum atomic E-state index is 11.7. The third kappa shape index (κ3) is 2.29. The number of carbonyl (C=O) groups is 1. The summed E-state index contributed by atoms with van der Waals surface area (Å²) in [5.74, 6) is -0.922. The van der Waals surface area contributed by atoms with Gasteiger partial charge in [-0.05, 0) is 31.4 Å². The van der Waals surface area contributed by atoms with E-state index in [9.17, 15) is 20.0 Å². The van der Waals surface area contributed by atoms with E-state index in [0.717, 1.165) is 0 Å². The van der Waals surface area contributed by atoms with Crippen LogP contribution in [0.5, 0.6) is 0 Å². The van der Waals surface area contributed by atoms with E-state index < -0.39 is 16.4 Å². The smallest absolute Gasteiger partial charge is 0.329 e. The van der Waals surface area contributed by atoms with Gasteiger partial charge in [-0.25, -0.2) is 4.79 Å². The van der Waals surface area contributed by atoms with Crippen LogP contribution in [0, 0.1) is 21.4 Å². The Morgan fingerprint density at radius 1 is 1.62 bits per heavy atom. The van der Waals surface area contributed by atoms with E-state index in [1.165, 1.54) is 12.1 Å². The van der Waals surface area contributed by atoms with Crippen molar-refractivity contribution in [3.63, 3.8) is 0 Å². The fourth-order valence-corrected chi connectivity index (χ4v) is 2.93. The molecule has 1 saturated heterocycles. The van der Waals surface area contributed by atoms with E-state index in [-0.39, 0.29) is 11.3 Å². The molecule has 0 aliphatic carbocycles. The summed E-state index contributed by atoms with van der Waals surface area (Å²) in [7, 11) is 0. The van der Waals surface area contributed by atoms with Crippen LogP contribution < -0.4 is 4.90 Å². The number of nitrogens with zero attached hydrogens (tertiary/aromatic N) is 3. The minimum absolute atomic E-state index is 0.0274. The minimum Gasteiger partial charge on any atom is -0.479 e. The predicted octanol–water partition coefficient (Wildman–Crippen LogP) is 2.30. The van der Waals surface area contributed by atoms with Gasteiger partial charge in [0, 0.05) is 18.3 Å². The van der Waals surface area contributed by atoms with Crippen molar-refractivity contribution in [3.05, 3.63) is 33.9 Å². The lowest BCUT2D eigenvalue weighted by molar-refractivity contribution is -0.385. The molecule has 1 aromatic rings. The fourth-order valence-electron chi connectivity index (χ4n) is 2.93. The highest BCUT2D eigenvalue weighted by Crippen LogP contribution is 2.38. The number of hydrogen-bond donors (Lipinski definition) is 1. The zero-order chi connectivity index (χ0) is 15.6. The second kappa shape index (κ2) is 5.40. The molecular weight excluding hydrogens is 274 g/mol. The summed E-state index contributed by atoms with van der Waals surface area (Å²) in [5, 5.41) is 29.5. The van der Waals surface area contributed by atoms with Gasteiger partial charge in [-0.3, -0.25) is 10.1 Å². The molecule has 110 valence electrons. The van der Waals surface area contributed by atoms with E-state index in [1.807, 2.05) is 0 Å². The van der Waals surface area contributed by atoms with Crippen molar-refractivity contribution in [1.82, 2.24) is 0 Å². The van der Waals surface area contributed by atoms with Crippen LogP contribution in [0.1, 0.15) is 31.7 Å². The van der Waals surface area contributed by atoms with Gasteiger partial charge in [-0.15, -0.1) is 0 Å². The maximum absolute atomic E-state index is 11.7. The topological polar surface area (TPSA) is 107 Å². The molecule has 0 bridgehead atoms. The molecule has 1 aromatic carbocycles. The third-order valence-electron chi connectivity index (χ3n) is 4.08. The summed E-state index contributed by atoms with van der Waals surface area (Å²) in [4.78, 5) is 23.8. The molecule has 7 nitrogen and oxygen atoms in total. The largest absolute Gasteiger partial charge is 0.479 e. The van der Waals surface area contributed by atoms with Crippen molar-refractivity contribution in [2.45, 2.75) is 31.7 Å². The normalized spacial score (nSPS) is 21.0. The number of carboxylic acid groups (broad SMARTS) is 1. The van der Waals surface area contributed by atoms with Gasteiger partial charge < -0.3 is 10.0 Å². The van der Waals surface area contributed by atoms with Crippen molar-refractivity contribution < 1.29 is 14.8 Å². The Kier molecular flexibility index (Phi) is 3.80. The molecule has 7 heteroatoms. The number of aliphatic carboxylic acids is 1. The van der Waals surface area contributed by atoms with Crippen molar-refractivity contribution in [1.29, 1.82) is 5.26 Å². The summed E-state index contributed by atoms with van der Waals surface area (Å²) < 4.78 is 0. The summed E-state index contributed by atoms with van der Waals surface area (Å²) in [6.07, 6.45) is 1.64. The van der Waals surface area contributed by atoms with Crippen LogP contribution in [-0.2, 0) is 4.79 Å².